The smallest absolute Gasteiger partial charge is 0.341 e. The Bertz CT molecular complexity index is 1130. The number of methoxy groups -OCH3 is 1. The van der Waals surface area contributed by atoms with Gasteiger partial charge in [-0.3, -0.25) is 4.79 Å². The molecule has 2 unspecified atom stereocenters. The van der Waals surface area contributed by atoms with E-state index in [0.717, 1.165) is 28.9 Å². The van der Waals surface area contributed by atoms with Crippen molar-refractivity contribution in [1.29, 1.82) is 0 Å². The SMILES string of the molecule is CCOC(=O)c1c(-c2ccc(C(C)C)cc2)csc1NC(=O)C1CC1c1ccc(OC)cc1. The van der Waals surface area contributed by atoms with Gasteiger partial charge in [-0.15, -0.1) is 11.3 Å². The highest BCUT2D eigenvalue weighted by atomic mass is 32.1. The van der Waals surface area contributed by atoms with Gasteiger partial charge in [-0.05, 0) is 54.0 Å². The molecule has 6 heteroatoms. The Kier molecular flexibility index (Phi) is 6.84. The molecule has 0 saturated heterocycles. The fourth-order valence-corrected chi connectivity index (χ4v) is 4.99. The maximum atomic E-state index is 13.0. The molecule has 1 aromatic heterocycles. The summed E-state index contributed by atoms with van der Waals surface area (Å²) in [4.78, 5) is 25.8. The Labute approximate surface area is 198 Å². The Hall–Kier alpha value is -3.12. The van der Waals surface area contributed by atoms with Gasteiger partial charge in [0.2, 0.25) is 5.91 Å². The molecule has 3 aromatic rings. The number of hydrogen-bond acceptors (Lipinski definition) is 5. The average Bonchev–Trinajstić information content (AvgIpc) is 3.52. The van der Waals surface area contributed by atoms with E-state index in [1.807, 2.05) is 41.8 Å². The zero-order valence-electron chi connectivity index (χ0n) is 19.4. The quantitative estimate of drug-likeness (QED) is 0.389. The van der Waals surface area contributed by atoms with Crippen molar-refractivity contribution in [2.24, 2.45) is 5.92 Å². The number of hydrogen-bond donors (Lipinski definition) is 1. The lowest BCUT2D eigenvalue weighted by atomic mass is 9.98. The summed E-state index contributed by atoms with van der Waals surface area (Å²) in [5.41, 5.74) is 4.50. The minimum absolute atomic E-state index is 0.0649. The van der Waals surface area contributed by atoms with E-state index in [9.17, 15) is 9.59 Å². The van der Waals surface area contributed by atoms with Crippen LogP contribution in [0.2, 0.25) is 0 Å². The van der Waals surface area contributed by atoms with Crippen LogP contribution in [0.3, 0.4) is 0 Å². The Morgan fingerprint density at radius 1 is 1.09 bits per heavy atom. The van der Waals surface area contributed by atoms with Crippen LogP contribution >= 0.6 is 11.3 Å². The highest BCUT2D eigenvalue weighted by molar-refractivity contribution is 7.15. The lowest BCUT2D eigenvalue weighted by molar-refractivity contribution is -0.117. The predicted molar refractivity (Wildman–Crippen MR) is 132 cm³/mol. The van der Waals surface area contributed by atoms with Crippen molar-refractivity contribution in [2.45, 2.75) is 39.0 Å². The number of rotatable bonds is 8. The zero-order chi connectivity index (χ0) is 23.5. The molecule has 1 fully saturated rings. The van der Waals surface area contributed by atoms with E-state index in [2.05, 4.69) is 31.3 Å². The van der Waals surface area contributed by atoms with Crippen molar-refractivity contribution in [1.82, 2.24) is 0 Å². The van der Waals surface area contributed by atoms with Crippen molar-refractivity contribution >= 4 is 28.2 Å². The Morgan fingerprint density at radius 2 is 1.79 bits per heavy atom. The van der Waals surface area contributed by atoms with E-state index < -0.39 is 5.97 Å². The van der Waals surface area contributed by atoms with E-state index in [4.69, 9.17) is 9.47 Å². The van der Waals surface area contributed by atoms with Crippen LogP contribution in [0.1, 0.15) is 60.5 Å². The Morgan fingerprint density at radius 3 is 2.39 bits per heavy atom. The third kappa shape index (κ3) is 4.96. The molecule has 0 aliphatic heterocycles. The molecule has 2 atom stereocenters. The van der Waals surface area contributed by atoms with Crippen LogP contribution in [-0.4, -0.2) is 25.6 Å². The first-order valence-electron chi connectivity index (χ1n) is 11.3. The Balaban J connectivity index is 1.54. The molecule has 1 heterocycles. The van der Waals surface area contributed by atoms with Gasteiger partial charge in [-0.25, -0.2) is 4.79 Å². The molecule has 0 radical (unpaired) electrons. The third-order valence-electron chi connectivity index (χ3n) is 6.07. The first-order valence-corrected chi connectivity index (χ1v) is 12.1. The van der Waals surface area contributed by atoms with Crippen molar-refractivity contribution in [3.05, 3.63) is 70.6 Å². The van der Waals surface area contributed by atoms with Gasteiger partial charge in [0.15, 0.2) is 0 Å². The fourth-order valence-electron chi connectivity index (χ4n) is 4.02. The number of carbonyl (C=O) groups is 2. The van der Waals surface area contributed by atoms with Gasteiger partial charge in [0.1, 0.15) is 16.3 Å². The molecule has 33 heavy (non-hydrogen) atoms. The molecule has 0 spiro atoms. The lowest BCUT2D eigenvalue weighted by Gasteiger charge is -2.10. The van der Waals surface area contributed by atoms with Crippen LogP contribution in [0.25, 0.3) is 11.1 Å². The number of nitrogens with one attached hydrogen (secondary N) is 1. The molecule has 5 nitrogen and oxygen atoms in total. The third-order valence-corrected chi connectivity index (χ3v) is 6.96. The fraction of sp³-hybridized carbons (Fsp3) is 0.333. The minimum Gasteiger partial charge on any atom is -0.497 e. The lowest BCUT2D eigenvalue weighted by Crippen LogP contribution is -2.16. The second-order valence-electron chi connectivity index (χ2n) is 8.56. The van der Waals surface area contributed by atoms with Crippen LogP contribution in [0.5, 0.6) is 5.75 Å². The molecule has 172 valence electrons. The van der Waals surface area contributed by atoms with Crippen molar-refractivity contribution in [2.75, 3.05) is 19.0 Å². The summed E-state index contributed by atoms with van der Waals surface area (Å²) in [7, 11) is 1.64. The first kappa shape index (κ1) is 23.1. The second-order valence-corrected chi connectivity index (χ2v) is 9.44. The van der Waals surface area contributed by atoms with E-state index >= 15 is 0 Å². The minimum atomic E-state index is -0.417. The van der Waals surface area contributed by atoms with Crippen molar-refractivity contribution < 1.29 is 19.1 Å². The number of benzene rings is 2. The summed E-state index contributed by atoms with van der Waals surface area (Å²) >= 11 is 1.36. The van der Waals surface area contributed by atoms with Gasteiger partial charge in [-0.1, -0.05) is 50.2 Å². The van der Waals surface area contributed by atoms with Gasteiger partial charge in [-0.2, -0.15) is 0 Å². The summed E-state index contributed by atoms with van der Waals surface area (Å²) < 4.78 is 10.5. The van der Waals surface area contributed by atoms with E-state index in [1.165, 1.54) is 16.9 Å². The normalized spacial score (nSPS) is 17.0. The van der Waals surface area contributed by atoms with Gasteiger partial charge in [0.05, 0.1) is 13.7 Å². The number of esters is 1. The van der Waals surface area contributed by atoms with Crippen LogP contribution < -0.4 is 10.1 Å². The molecule has 1 aliphatic rings. The summed E-state index contributed by atoms with van der Waals surface area (Å²) in [6, 6.07) is 16.0. The molecular weight excluding hydrogens is 434 g/mol. The molecule has 0 bridgehead atoms. The van der Waals surface area contributed by atoms with Crippen molar-refractivity contribution in [3.63, 3.8) is 0 Å². The molecule has 1 N–H and O–H groups in total. The first-order chi connectivity index (χ1) is 15.9. The van der Waals surface area contributed by atoms with Crippen LogP contribution in [0.15, 0.2) is 53.9 Å². The maximum absolute atomic E-state index is 13.0. The number of thiophene rings is 1. The summed E-state index contributed by atoms with van der Waals surface area (Å²) in [6.45, 7) is 6.35. The van der Waals surface area contributed by atoms with Gasteiger partial charge < -0.3 is 14.8 Å². The summed E-state index contributed by atoms with van der Waals surface area (Å²) in [5, 5.41) is 5.47. The summed E-state index contributed by atoms with van der Waals surface area (Å²) in [5.74, 6) is 0.823. The van der Waals surface area contributed by atoms with Crippen LogP contribution in [0.4, 0.5) is 5.00 Å². The van der Waals surface area contributed by atoms with Gasteiger partial charge >= 0.3 is 5.97 Å². The molecule has 1 saturated carbocycles. The number of amides is 1. The van der Waals surface area contributed by atoms with E-state index in [-0.39, 0.29) is 24.3 Å². The number of anilines is 1. The van der Waals surface area contributed by atoms with Crippen LogP contribution in [-0.2, 0) is 9.53 Å². The largest absolute Gasteiger partial charge is 0.497 e. The molecule has 1 aliphatic carbocycles. The zero-order valence-corrected chi connectivity index (χ0v) is 20.2. The highest BCUT2D eigenvalue weighted by Gasteiger charge is 2.44. The number of ether oxygens (including phenoxy) is 2. The molecule has 1 amide bonds. The predicted octanol–water partition coefficient (Wildman–Crippen LogP) is 6.47. The van der Waals surface area contributed by atoms with Gasteiger partial charge in [0, 0.05) is 16.9 Å². The molecule has 2 aromatic carbocycles. The maximum Gasteiger partial charge on any atom is 0.341 e. The topological polar surface area (TPSA) is 64.6 Å². The molecule has 4 rings (SSSR count). The number of carbonyl (C=O) groups excluding carboxylic acids is 2. The van der Waals surface area contributed by atoms with Gasteiger partial charge in [0.25, 0.3) is 0 Å². The van der Waals surface area contributed by atoms with Crippen LogP contribution in [0, 0.1) is 5.92 Å². The monoisotopic (exact) mass is 463 g/mol. The second kappa shape index (κ2) is 9.79. The molecular formula is C27H29NO4S. The van der Waals surface area contributed by atoms with E-state index in [1.54, 1.807) is 14.0 Å². The standard InChI is InChI=1S/C27H29NO4S/c1-5-32-27(30)24-23(19-8-6-17(7-9-19)16(2)3)15-33-26(24)28-25(29)22-14-21(22)18-10-12-20(31-4)13-11-18/h6-13,15-16,21-22H,5,14H2,1-4H3,(H,28,29). The van der Waals surface area contributed by atoms with Crippen molar-refractivity contribution in [3.8, 4) is 16.9 Å². The summed E-state index contributed by atoms with van der Waals surface area (Å²) in [6.07, 6.45) is 0.793. The average molecular weight is 464 g/mol. The highest BCUT2D eigenvalue weighted by Crippen LogP contribution is 2.49. The van der Waals surface area contributed by atoms with E-state index in [0.29, 0.717) is 16.5 Å².